The molecule has 8 heteroatoms. The summed E-state index contributed by atoms with van der Waals surface area (Å²) in [6.45, 7) is 4.49. The van der Waals surface area contributed by atoms with Gasteiger partial charge >= 0.3 is 0 Å². The van der Waals surface area contributed by atoms with Gasteiger partial charge in [-0.05, 0) is 31.2 Å². The number of carbonyl (C=O) groups excluding carboxylic acids is 2. The molecule has 1 fully saturated rings. The molecule has 1 saturated heterocycles. The lowest BCUT2D eigenvalue weighted by atomic mass is 10.1. The predicted octanol–water partition coefficient (Wildman–Crippen LogP) is 1.39. The minimum absolute atomic E-state index is 0.00479. The normalized spacial score (nSPS) is 14.9. The van der Waals surface area contributed by atoms with Gasteiger partial charge in [0.05, 0.1) is 13.7 Å². The first-order chi connectivity index (χ1) is 12.5. The van der Waals surface area contributed by atoms with Crippen molar-refractivity contribution in [3.8, 4) is 5.75 Å². The van der Waals surface area contributed by atoms with E-state index in [1.54, 1.807) is 49.3 Å². The third-order valence-corrected chi connectivity index (χ3v) is 4.26. The molecule has 2 amide bonds. The highest BCUT2D eigenvalue weighted by Crippen LogP contribution is 2.14. The monoisotopic (exact) mass is 358 g/mol. The molecule has 1 aliphatic heterocycles. The van der Waals surface area contributed by atoms with Gasteiger partial charge in [-0.3, -0.25) is 14.5 Å². The van der Waals surface area contributed by atoms with Gasteiger partial charge in [-0.15, -0.1) is 0 Å². The summed E-state index contributed by atoms with van der Waals surface area (Å²) in [5, 5.41) is 6.45. The molecule has 8 nitrogen and oxygen atoms in total. The minimum atomic E-state index is -0.145. The van der Waals surface area contributed by atoms with Gasteiger partial charge in [-0.2, -0.15) is 0 Å². The third kappa shape index (κ3) is 4.40. The van der Waals surface area contributed by atoms with Crippen LogP contribution in [0.5, 0.6) is 5.75 Å². The van der Waals surface area contributed by atoms with E-state index in [-0.39, 0.29) is 18.4 Å². The third-order valence-electron chi connectivity index (χ3n) is 4.26. The maximum absolute atomic E-state index is 12.5. The SMILES string of the molecule is COc1ccc(C(=O)N2CCN(CC(=O)Nc3cc(C)on3)CC2)cc1. The van der Waals surface area contributed by atoms with Crippen LogP contribution in [0.2, 0.25) is 0 Å². The molecule has 3 rings (SSSR count). The van der Waals surface area contributed by atoms with Gasteiger partial charge in [0.2, 0.25) is 5.91 Å². The number of rotatable bonds is 5. The Morgan fingerprint density at radius 2 is 1.88 bits per heavy atom. The van der Waals surface area contributed by atoms with Crippen molar-refractivity contribution in [3.05, 3.63) is 41.7 Å². The Morgan fingerprint density at radius 1 is 1.19 bits per heavy atom. The lowest BCUT2D eigenvalue weighted by Crippen LogP contribution is -2.50. The van der Waals surface area contributed by atoms with Crippen molar-refractivity contribution in [1.82, 2.24) is 15.0 Å². The average Bonchev–Trinajstić information content (AvgIpc) is 3.06. The van der Waals surface area contributed by atoms with Crippen LogP contribution >= 0.6 is 0 Å². The predicted molar refractivity (Wildman–Crippen MR) is 95.2 cm³/mol. The van der Waals surface area contributed by atoms with Crippen molar-refractivity contribution >= 4 is 17.6 Å². The standard InChI is InChI=1S/C18H22N4O4/c1-13-11-16(20-26-13)19-17(23)12-21-7-9-22(10-8-21)18(24)14-3-5-15(25-2)6-4-14/h3-6,11H,7-10,12H2,1-2H3,(H,19,20,23). The van der Waals surface area contributed by atoms with E-state index >= 15 is 0 Å². The highest BCUT2D eigenvalue weighted by atomic mass is 16.5. The number of carbonyl (C=O) groups is 2. The number of benzene rings is 1. The fraction of sp³-hybridized carbons (Fsp3) is 0.389. The number of nitrogens with zero attached hydrogens (tertiary/aromatic N) is 3. The van der Waals surface area contributed by atoms with Gasteiger partial charge in [0.15, 0.2) is 5.82 Å². The van der Waals surface area contributed by atoms with E-state index in [4.69, 9.17) is 9.26 Å². The van der Waals surface area contributed by atoms with Gasteiger partial charge in [0.1, 0.15) is 11.5 Å². The summed E-state index contributed by atoms with van der Waals surface area (Å²) >= 11 is 0. The minimum Gasteiger partial charge on any atom is -0.497 e. The Bertz CT molecular complexity index is 764. The Labute approximate surface area is 151 Å². The first-order valence-electron chi connectivity index (χ1n) is 8.44. The highest BCUT2D eigenvalue weighted by Gasteiger charge is 2.23. The molecule has 0 bridgehead atoms. The van der Waals surface area contributed by atoms with Crippen molar-refractivity contribution in [2.75, 3.05) is 45.2 Å². The second kappa shape index (κ2) is 8.01. The summed E-state index contributed by atoms with van der Waals surface area (Å²) in [6, 6.07) is 8.75. The summed E-state index contributed by atoms with van der Waals surface area (Å²) < 4.78 is 10.0. The van der Waals surface area contributed by atoms with E-state index in [0.29, 0.717) is 43.3 Å². The number of aryl methyl sites for hydroxylation is 1. The molecule has 2 aromatic rings. The number of ether oxygens (including phenoxy) is 1. The molecule has 0 atom stereocenters. The van der Waals surface area contributed by atoms with Crippen LogP contribution in [0.25, 0.3) is 0 Å². The first-order valence-corrected chi connectivity index (χ1v) is 8.44. The van der Waals surface area contributed by atoms with E-state index in [1.807, 2.05) is 4.90 Å². The maximum Gasteiger partial charge on any atom is 0.253 e. The number of methoxy groups -OCH3 is 1. The van der Waals surface area contributed by atoms with Crippen LogP contribution in [0, 0.1) is 6.92 Å². The molecule has 0 saturated carbocycles. The summed E-state index contributed by atoms with van der Waals surface area (Å²) in [6.07, 6.45) is 0. The Morgan fingerprint density at radius 3 is 2.46 bits per heavy atom. The van der Waals surface area contributed by atoms with Crippen LogP contribution in [0.3, 0.4) is 0 Å². The smallest absolute Gasteiger partial charge is 0.253 e. The molecule has 0 spiro atoms. The zero-order chi connectivity index (χ0) is 18.5. The fourth-order valence-corrected chi connectivity index (χ4v) is 2.84. The van der Waals surface area contributed by atoms with Gasteiger partial charge in [0, 0.05) is 37.8 Å². The molecule has 0 aliphatic carbocycles. The van der Waals surface area contributed by atoms with Crippen LogP contribution in [0.15, 0.2) is 34.9 Å². The van der Waals surface area contributed by atoms with E-state index in [0.717, 1.165) is 5.75 Å². The maximum atomic E-state index is 12.5. The van der Waals surface area contributed by atoms with Crippen LogP contribution in [-0.4, -0.2) is 66.6 Å². The van der Waals surface area contributed by atoms with Crippen LogP contribution in [0.1, 0.15) is 16.1 Å². The molecule has 0 radical (unpaired) electrons. The first kappa shape index (κ1) is 17.9. The molecular weight excluding hydrogens is 336 g/mol. The molecule has 1 N–H and O–H groups in total. The molecule has 2 heterocycles. The Hall–Kier alpha value is -2.87. The number of aromatic nitrogens is 1. The topological polar surface area (TPSA) is 87.9 Å². The van der Waals surface area contributed by atoms with Gasteiger partial charge in [-0.25, -0.2) is 0 Å². The second-order valence-electron chi connectivity index (χ2n) is 6.17. The van der Waals surface area contributed by atoms with Crippen LogP contribution in [0.4, 0.5) is 5.82 Å². The lowest BCUT2D eigenvalue weighted by molar-refractivity contribution is -0.117. The fourth-order valence-electron chi connectivity index (χ4n) is 2.84. The van der Waals surface area contributed by atoms with Crippen molar-refractivity contribution < 1.29 is 18.8 Å². The van der Waals surface area contributed by atoms with Crippen molar-refractivity contribution in [2.24, 2.45) is 0 Å². The highest BCUT2D eigenvalue weighted by molar-refractivity contribution is 5.94. The summed E-state index contributed by atoms with van der Waals surface area (Å²) in [7, 11) is 1.59. The zero-order valence-corrected chi connectivity index (χ0v) is 14.9. The number of anilines is 1. The molecule has 1 aliphatic rings. The summed E-state index contributed by atoms with van der Waals surface area (Å²) in [5.74, 6) is 1.63. The van der Waals surface area contributed by atoms with Crippen LogP contribution in [-0.2, 0) is 4.79 Å². The quantitative estimate of drug-likeness (QED) is 0.869. The van der Waals surface area contributed by atoms with Crippen molar-refractivity contribution in [3.63, 3.8) is 0 Å². The lowest BCUT2D eigenvalue weighted by Gasteiger charge is -2.34. The molecular formula is C18H22N4O4. The molecule has 138 valence electrons. The van der Waals surface area contributed by atoms with Gasteiger partial charge in [-0.1, -0.05) is 5.16 Å². The number of hydrogen-bond acceptors (Lipinski definition) is 6. The van der Waals surface area contributed by atoms with E-state index < -0.39 is 0 Å². The van der Waals surface area contributed by atoms with E-state index in [1.165, 1.54) is 0 Å². The van der Waals surface area contributed by atoms with Crippen LogP contribution < -0.4 is 10.1 Å². The molecule has 1 aromatic heterocycles. The summed E-state index contributed by atoms with van der Waals surface area (Å²) in [4.78, 5) is 28.4. The van der Waals surface area contributed by atoms with Crippen molar-refractivity contribution in [2.45, 2.75) is 6.92 Å². The van der Waals surface area contributed by atoms with E-state index in [9.17, 15) is 9.59 Å². The molecule has 0 unspecified atom stereocenters. The van der Waals surface area contributed by atoms with Crippen molar-refractivity contribution in [1.29, 1.82) is 0 Å². The van der Waals surface area contributed by atoms with Gasteiger partial charge in [0.25, 0.3) is 5.91 Å². The van der Waals surface area contributed by atoms with Gasteiger partial charge < -0.3 is 19.5 Å². The number of hydrogen-bond donors (Lipinski definition) is 1. The Balaban J connectivity index is 1.47. The molecule has 1 aromatic carbocycles. The number of piperazine rings is 1. The number of amides is 2. The second-order valence-corrected chi connectivity index (χ2v) is 6.17. The largest absolute Gasteiger partial charge is 0.497 e. The number of nitrogens with one attached hydrogen (secondary N) is 1. The van der Waals surface area contributed by atoms with E-state index in [2.05, 4.69) is 10.5 Å². The Kier molecular flexibility index (Phi) is 5.52. The zero-order valence-electron chi connectivity index (χ0n) is 14.9. The molecule has 26 heavy (non-hydrogen) atoms. The summed E-state index contributed by atoms with van der Waals surface area (Å²) in [5.41, 5.74) is 0.637. The average molecular weight is 358 g/mol.